The van der Waals surface area contributed by atoms with Gasteiger partial charge in [0.15, 0.2) is 0 Å². The van der Waals surface area contributed by atoms with Gasteiger partial charge in [-0.15, -0.1) is 0 Å². The van der Waals surface area contributed by atoms with Crippen LogP contribution in [0.4, 0.5) is 0 Å². The zero-order valence-electron chi connectivity index (χ0n) is 16.4. The van der Waals surface area contributed by atoms with Crippen LogP contribution in [0.1, 0.15) is 27.0 Å². The van der Waals surface area contributed by atoms with E-state index in [0.29, 0.717) is 5.52 Å². The molecule has 3 aromatic carbocycles. The lowest BCUT2D eigenvalue weighted by atomic mass is 10.0. The number of carbonyl (C=O) groups is 1. The van der Waals surface area contributed by atoms with E-state index in [1.54, 1.807) is 19.2 Å². The van der Waals surface area contributed by atoms with E-state index in [2.05, 4.69) is 17.1 Å². The fourth-order valence-electron chi connectivity index (χ4n) is 3.31. The summed E-state index contributed by atoms with van der Waals surface area (Å²) < 4.78 is 6.72. The third kappa shape index (κ3) is 4.07. The predicted molar refractivity (Wildman–Crippen MR) is 115 cm³/mol. The molecule has 1 heterocycles. The van der Waals surface area contributed by atoms with Crippen molar-refractivity contribution in [3.8, 4) is 0 Å². The van der Waals surface area contributed by atoms with Crippen molar-refractivity contribution in [3.63, 3.8) is 0 Å². The molecular formula is C24H20N2O4. The van der Waals surface area contributed by atoms with Gasteiger partial charge in [0.25, 0.3) is 5.56 Å². The highest BCUT2D eigenvalue weighted by molar-refractivity contribution is 5.94. The van der Waals surface area contributed by atoms with Crippen LogP contribution >= 0.6 is 0 Å². The highest BCUT2D eigenvalue weighted by Gasteiger charge is 2.12. The van der Waals surface area contributed by atoms with Crippen molar-refractivity contribution in [2.75, 3.05) is 0 Å². The third-order valence-electron chi connectivity index (χ3n) is 5.01. The van der Waals surface area contributed by atoms with Gasteiger partial charge in [-0.2, -0.15) is 0 Å². The Morgan fingerprint density at radius 2 is 1.57 bits per heavy atom. The van der Waals surface area contributed by atoms with E-state index in [1.807, 2.05) is 42.5 Å². The molecule has 1 aromatic heterocycles. The number of ether oxygens (including phenoxy) is 1. The molecule has 1 N–H and O–H groups in total. The molecule has 4 aromatic rings. The van der Waals surface area contributed by atoms with Gasteiger partial charge in [0, 0.05) is 7.05 Å². The van der Waals surface area contributed by atoms with Gasteiger partial charge in [0.05, 0.1) is 16.5 Å². The quantitative estimate of drug-likeness (QED) is 0.522. The lowest BCUT2D eigenvalue weighted by molar-refractivity contribution is 0.0473. The van der Waals surface area contributed by atoms with Gasteiger partial charge in [-0.25, -0.2) is 9.59 Å². The highest BCUT2D eigenvalue weighted by atomic mass is 16.5. The zero-order valence-corrected chi connectivity index (χ0v) is 16.4. The molecule has 30 heavy (non-hydrogen) atoms. The number of aromatic nitrogens is 2. The number of hydrogen-bond donors (Lipinski definition) is 1. The van der Waals surface area contributed by atoms with Crippen LogP contribution in [0.5, 0.6) is 0 Å². The van der Waals surface area contributed by atoms with Crippen LogP contribution in [0.3, 0.4) is 0 Å². The number of carbonyl (C=O) groups excluding carboxylic acids is 1. The number of esters is 1. The summed E-state index contributed by atoms with van der Waals surface area (Å²) in [4.78, 5) is 38.4. The summed E-state index contributed by atoms with van der Waals surface area (Å²) in [5, 5.41) is 0.261. The molecule has 0 saturated heterocycles. The first-order valence-electron chi connectivity index (χ1n) is 9.53. The third-order valence-corrected chi connectivity index (χ3v) is 5.01. The molecule has 6 heteroatoms. The molecule has 0 amide bonds. The number of benzene rings is 3. The number of H-pyrrole nitrogens is 1. The average molecular weight is 400 g/mol. The molecular weight excluding hydrogens is 380 g/mol. The van der Waals surface area contributed by atoms with E-state index in [0.717, 1.165) is 12.0 Å². The normalized spacial score (nSPS) is 10.8. The summed E-state index contributed by atoms with van der Waals surface area (Å²) >= 11 is 0. The maximum absolute atomic E-state index is 12.4. The molecule has 4 rings (SSSR count). The maximum atomic E-state index is 12.4. The molecule has 6 nitrogen and oxygen atoms in total. The Morgan fingerprint density at radius 1 is 0.900 bits per heavy atom. The van der Waals surface area contributed by atoms with E-state index in [4.69, 9.17) is 4.74 Å². The minimum absolute atomic E-state index is 0.131. The number of nitrogens with one attached hydrogen (secondary N) is 1. The second kappa shape index (κ2) is 8.21. The van der Waals surface area contributed by atoms with Gasteiger partial charge >= 0.3 is 11.7 Å². The lowest BCUT2D eigenvalue weighted by Crippen LogP contribution is -2.28. The maximum Gasteiger partial charge on any atom is 0.338 e. The second-order valence-corrected chi connectivity index (χ2v) is 7.11. The Hall–Kier alpha value is -3.93. The van der Waals surface area contributed by atoms with E-state index < -0.39 is 17.2 Å². The van der Waals surface area contributed by atoms with Crippen LogP contribution in [0.2, 0.25) is 0 Å². The van der Waals surface area contributed by atoms with Crippen molar-refractivity contribution in [2.24, 2.45) is 7.05 Å². The Balaban J connectivity index is 1.44. The molecule has 0 aliphatic carbocycles. The Morgan fingerprint density at radius 3 is 2.30 bits per heavy atom. The number of aryl methyl sites for hydroxylation is 1. The standard InChI is InChI=1S/C24H20N2O4/c1-26-21-12-11-19(14-20(21)22(27)25-24(26)29)23(28)30-15-18-9-7-17(8-10-18)13-16-5-3-2-4-6-16/h2-12,14H,13,15H2,1H3,(H,25,27,29). The van der Waals surface area contributed by atoms with Gasteiger partial charge in [-0.05, 0) is 41.3 Å². The van der Waals surface area contributed by atoms with Crippen molar-refractivity contribution >= 4 is 16.9 Å². The zero-order chi connectivity index (χ0) is 21.1. The van der Waals surface area contributed by atoms with Crippen LogP contribution < -0.4 is 11.2 Å². The van der Waals surface area contributed by atoms with E-state index in [-0.39, 0.29) is 17.6 Å². The first-order chi connectivity index (χ1) is 14.5. The highest BCUT2D eigenvalue weighted by Crippen LogP contribution is 2.14. The molecule has 0 aliphatic heterocycles. The minimum Gasteiger partial charge on any atom is -0.457 e. The Labute approximate surface area is 172 Å². The predicted octanol–water partition coefficient (Wildman–Crippen LogP) is 3.17. The molecule has 0 saturated carbocycles. The fourth-order valence-corrected chi connectivity index (χ4v) is 3.31. The number of fused-ring (bicyclic) bond motifs is 1. The van der Waals surface area contributed by atoms with Crippen molar-refractivity contribution in [3.05, 3.63) is 116 Å². The van der Waals surface area contributed by atoms with Crippen molar-refractivity contribution in [1.29, 1.82) is 0 Å². The smallest absolute Gasteiger partial charge is 0.338 e. The number of rotatable bonds is 5. The molecule has 150 valence electrons. The molecule has 0 unspecified atom stereocenters. The summed E-state index contributed by atoms with van der Waals surface area (Å²) in [6, 6.07) is 22.7. The molecule has 0 bridgehead atoms. The lowest BCUT2D eigenvalue weighted by Gasteiger charge is -2.08. The monoisotopic (exact) mass is 400 g/mol. The van der Waals surface area contributed by atoms with Gasteiger partial charge in [0.1, 0.15) is 6.61 Å². The van der Waals surface area contributed by atoms with Crippen molar-refractivity contribution in [2.45, 2.75) is 13.0 Å². The number of hydrogen-bond acceptors (Lipinski definition) is 4. The van der Waals surface area contributed by atoms with Gasteiger partial charge < -0.3 is 4.74 Å². The van der Waals surface area contributed by atoms with Crippen LogP contribution in [-0.4, -0.2) is 15.5 Å². The second-order valence-electron chi connectivity index (χ2n) is 7.11. The van der Waals surface area contributed by atoms with Gasteiger partial charge in [0.2, 0.25) is 0 Å². The Bertz CT molecular complexity index is 1320. The van der Waals surface area contributed by atoms with Crippen LogP contribution in [0.15, 0.2) is 82.4 Å². The van der Waals surface area contributed by atoms with Crippen molar-refractivity contribution in [1.82, 2.24) is 9.55 Å². The van der Waals surface area contributed by atoms with Crippen molar-refractivity contribution < 1.29 is 9.53 Å². The molecule has 0 fully saturated rings. The van der Waals surface area contributed by atoms with Gasteiger partial charge in [-0.3, -0.25) is 14.3 Å². The van der Waals surface area contributed by atoms with Crippen LogP contribution in [0.25, 0.3) is 10.9 Å². The van der Waals surface area contributed by atoms with Crippen LogP contribution in [-0.2, 0) is 24.8 Å². The number of aromatic amines is 1. The largest absolute Gasteiger partial charge is 0.457 e. The summed E-state index contributed by atoms with van der Waals surface area (Å²) in [5.41, 5.74) is 2.97. The van der Waals surface area contributed by atoms with E-state index >= 15 is 0 Å². The van der Waals surface area contributed by atoms with Gasteiger partial charge in [-0.1, -0.05) is 54.6 Å². The summed E-state index contributed by atoms with van der Waals surface area (Å²) in [6.45, 7) is 0.131. The molecule has 0 spiro atoms. The first kappa shape index (κ1) is 19.4. The van der Waals surface area contributed by atoms with E-state index in [1.165, 1.54) is 21.8 Å². The number of nitrogens with zero attached hydrogens (tertiary/aromatic N) is 1. The SMILES string of the molecule is Cn1c(=O)[nH]c(=O)c2cc(C(=O)OCc3ccc(Cc4ccccc4)cc3)ccc21. The summed E-state index contributed by atoms with van der Waals surface area (Å²) in [6.07, 6.45) is 0.842. The molecule has 0 atom stereocenters. The fraction of sp³-hybridized carbons (Fsp3) is 0.125. The average Bonchev–Trinajstić information content (AvgIpc) is 2.77. The topological polar surface area (TPSA) is 81.2 Å². The summed E-state index contributed by atoms with van der Waals surface area (Å²) in [7, 11) is 1.56. The Kier molecular flexibility index (Phi) is 5.30. The summed E-state index contributed by atoms with van der Waals surface area (Å²) in [5.74, 6) is -0.529. The molecule has 0 radical (unpaired) electrons. The first-order valence-corrected chi connectivity index (χ1v) is 9.53. The minimum atomic E-state index is -0.531. The van der Waals surface area contributed by atoms with E-state index in [9.17, 15) is 14.4 Å². The molecule has 0 aliphatic rings. The van der Waals surface area contributed by atoms with Crippen LogP contribution in [0, 0.1) is 0 Å².